The maximum Gasteiger partial charge on any atom is 0.242 e. The van der Waals surface area contributed by atoms with Gasteiger partial charge in [-0.15, -0.1) is 0 Å². The van der Waals surface area contributed by atoms with Crippen LogP contribution in [0.25, 0.3) is 0 Å². The number of benzene rings is 1. The molecular weight excluding hydrogens is 228 g/mol. The summed E-state index contributed by atoms with van der Waals surface area (Å²) in [4.78, 5) is 13.7. The lowest BCUT2D eigenvalue weighted by Gasteiger charge is -2.34. The van der Waals surface area contributed by atoms with Crippen molar-refractivity contribution < 1.29 is 9.90 Å². The van der Waals surface area contributed by atoms with Gasteiger partial charge in [0.05, 0.1) is 6.10 Å². The minimum absolute atomic E-state index is 0.0684. The molecule has 1 saturated heterocycles. The first-order valence-corrected chi connectivity index (χ1v) is 6.46. The Morgan fingerprint density at radius 2 is 2.11 bits per heavy atom. The highest BCUT2D eigenvalue weighted by molar-refractivity contribution is 5.86. The van der Waals surface area contributed by atoms with Crippen LogP contribution in [-0.4, -0.2) is 30.1 Å². The van der Waals surface area contributed by atoms with E-state index in [1.54, 1.807) is 0 Å². The average Bonchev–Trinajstić information content (AvgIpc) is 2.41. The number of piperazine rings is 1. The van der Waals surface area contributed by atoms with E-state index in [-0.39, 0.29) is 11.9 Å². The maximum absolute atomic E-state index is 11.6. The zero-order valence-electron chi connectivity index (χ0n) is 10.9. The summed E-state index contributed by atoms with van der Waals surface area (Å²) in [5, 5.41) is 12.6. The van der Waals surface area contributed by atoms with E-state index in [0.717, 1.165) is 17.8 Å². The van der Waals surface area contributed by atoms with Crippen LogP contribution in [0, 0.1) is 0 Å². The molecule has 2 unspecified atom stereocenters. The number of amides is 1. The number of nitrogens with zero attached hydrogens (tertiary/aromatic N) is 1. The van der Waals surface area contributed by atoms with E-state index in [0.29, 0.717) is 13.0 Å². The Bertz CT molecular complexity index is 416. The number of hydrogen-bond acceptors (Lipinski definition) is 3. The molecule has 1 aliphatic rings. The van der Waals surface area contributed by atoms with Gasteiger partial charge in [-0.2, -0.15) is 0 Å². The molecule has 4 nitrogen and oxygen atoms in total. The van der Waals surface area contributed by atoms with Crippen molar-refractivity contribution in [2.75, 3.05) is 18.0 Å². The molecule has 1 aromatic carbocycles. The number of rotatable bonds is 3. The van der Waals surface area contributed by atoms with Gasteiger partial charge in [-0.05, 0) is 31.0 Å². The molecule has 0 aliphatic carbocycles. The van der Waals surface area contributed by atoms with Crippen molar-refractivity contribution in [2.45, 2.75) is 32.4 Å². The van der Waals surface area contributed by atoms with Crippen LogP contribution in [0.3, 0.4) is 0 Å². The van der Waals surface area contributed by atoms with Crippen LogP contribution in [0.5, 0.6) is 0 Å². The lowest BCUT2D eigenvalue weighted by molar-refractivity contribution is -0.122. The van der Waals surface area contributed by atoms with Crippen LogP contribution < -0.4 is 10.2 Å². The third-order valence-corrected chi connectivity index (χ3v) is 3.50. The fourth-order valence-corrected chi connectivity index (χ4v) is 2.26. The van der Waals surface area contributed by atoms with Gasteiger partial charge >= 0.3 is 0 Å². The van der Waals surface area contributed by atoms with Crippen molar-refractivity contribution in [3.05, 3.63) is 29.8 Å². The molecule has 0 aromatic heterocycles. The standard InChI is InChI=1S/C14H20N2O2/c1-3-13(17)11-4-6-12(7-5-11)16-9-8-15-14(18)10(16)2/h4-7,10,13,17H,3,8-9H2,1-2H3,(H,15,18). The van der Waals surface area contributed by atoms with Crippen molar-refractivity contribution in [1.29, 1.82) is 0 Å². The van der Waals surface area contributed by atoms with Crippen molar-refractivity contribution in [3.8, 4) is 0 Å². The zero-order chi connectivity index (χ0) is 13.1. The number of aliphatic hydroxyl groups excluding tert-OH is 1. The second-order valence-electron chi connectivity index (χ2n) is 4.68. The van der Waals surface area contributed by atoms with E-state index in [2.05, 4.69) is 10.2 Å². The number of carbonyl (C=O) groups is 1. The van der Waals surface area contributed by atoms with Gasteiger partial charge in [0.25, 0.3) is 0 Å². The molecule has 98 valence electrons. The smallest absolute Gasteiger partial charge is 0.242 e. The van der Waals surface area contributed by atoms with Gasteiger partial charge in [-0.1, -0.05) is 19.1 Å². The molecule has 1 aliphatic heterocycles. The second kappa shape index (κ2) is 5.40. The summed E-state index contributed by atoms with van der Waals surface area (Å²) in [5.74, 6) is 0.0684. The minimum Gasteiger partial charge on any atom is -0.388 e. The predicted molar refractivity (Wildman–Crippen MR) is 71.5 cm³/mol. The summed E-state index contributed by atoms with van der Waals surface area (Å²) < 4.78 is 0. The molecule has 2 rings (SSSR count). The first-order chi connectivity index (χ1) is 8.63. The first-order valence-electron chi connectivity index (χ1n) is 6.46. The third kappa shape index (κ3) is 2.48. The average molecular weight is 248 g/mol. The van der Waals surface area contributed by atoms with E-state index < -0.39 is 6.10 Å². The third-order valence-electron chi connectivity index (χ3n) is 3.50. The van der Waals surface area contributed by atoms with Crippen LogP contribution in [0.4, 0.5) is 5.69 Å². The largest absolute Gasteiger partial charge is 0.388 e. The Labute approximate surface area is 108 Å². The Hall–Kier alpha value is -1.55. The molecule has 2 N–H and O–H groups in total. The second-order valence-corrected chi connectivity index (χ2v) is 4.68. The van der Waals surface area contributed by atoms with Crippen molar-refractivity contribution in [1.82, 2.24) is 5.32 Å². The molecule has 1 aromatic rings. The number of anilines is 1. The fraction of sp³-hybridized carbons (Fsp3) is 0.500. The summed E-state index contributed by atoms with van der Waals surface area (Å²) in [7, 11) is 0. The number of carbonyl (C=O) groups excluding carboxylic acids is 1. The lowest BCUT2D eigenvalue weighted by atomic mass is 10.1. The van der Waals surface area contributed by atoms with Crippen LogP contribution in [0.15, 0.2) is 24.3 Å². The molecule has 0 spiro atoms. The molecule has 0 bridgehead atoms. The molecule has 18 heavy (non-hydrogen) atoms. The summed E-state index contributed by atoms with van der Waals surface area (Å²) in [6, 6.07) is 7.68. The van der Waals surface area contributed by atoms with Crippen LogP contribution in [-0.2, 0) is 4.79 Å². The Morgan fingerprint density at radius 1 is 1.44 bits per heavy atom. The topological polar surface area (TPSA) is 52.6 Å². The molecular formula is C14H20N2O2. The Kier molecular flexibility index (Phi) is 3.87. The van der Waals surface area contributed by atoms with Crippen molar-refractivity contribution >= 4 is 11.6 Å². The van der Waals surface area contributed by atoms with Gasteiger partial charge in [0.1, 0.15) is 6.04 Å². The van der Waals surface area contributed by atoms with Gasteiger partial charge < -0.3 is 15.3 Å². The van der Waals surface area contributed by atoms with Gasteiger partial charge in [-0.3, -0.25) is 4.79 Å². The highest BCUT2D eigenvalue weighted by Gasteiger charge is 2.25. The minimum atomic E-state index is -0.402. The molecule has 2 atom stereocenters. The summed E-state index contributed by atoms with van der Waals surface area (Å²) in [5.41, 5.74) is 1.96. The monoisotopic (exact) mass is 248 g/mol. The van der Waals surface area contributed by atoms with Gasteiger partial charge in [-0.25, -0.2) is 0 Å². The highest BCUT2D eigenvalue weighted by atomic mass is 16.3. The first kappa shape index (κ1) is 12.9. The van der Waals surface area contributed by atoms with Crippen LogP contribution >= 0.6 is 0 Å². The van der Waals surface area contributed by atoms with E-state index >= 15 is 0 Å². The Balaban J connectivity index is 2.16. The zero-order valence-corrected chi connectivity index (χ0v) is 10.9. The van der Waals surface area contributed by atoms with Gasteiger partial charge in [0, 0.05) is 18.8 Å². The van der Waals surface area contributed by atoms with E-state index in [4.69, 9.17) is 0 Å². The number of aliphatic hydroxyl groups is 1. The molecule has 0 radical (unpaired) electrons. The van der Waals surface area contributed by atoms with E-state index in [1.165, 1.54) is 0 Å². The molecule has 1 amide bonds. The maximum atomic E-state index is 11.6. The van der Waals surface area contributed by atoms with Crippen LogP contribution in [0.2, 0.25) is 0 Å². The summed E-state index contributed by atoms with van der Waals surface area (Å²) in [6.07, 6.45) is 0.308. The molecule has 1 fully saturated rings. The van der Waals surface area contributed by atoms with Crippen molar-refractivity contribution in [2.24, 2.45) is 0 Å². The van der Waals surface area contributed by atoms with Crippen molar-refractivity contribution in [3.63, 3.8) is 0 Å². The van der Waals surface area contributed by atoms with Crippen LogP contribution in [0.1, 0.15) is 31.9 Å². The lowest BCUT2D eigenvalue weighted by Crippen LogP contribution is -2.54. The fourth-order valence-electron chi connectivity index (χ4n) is 2.26. The van der Waals surface area contributed by atoms with Gasteiger partial charge in [0.15, 0.2) is 0 Å². The quantitative estimate of drug-likeness (QED) is 0.851. The predicted octanol–water partition coefficient (Wildman–Crippen LogP) is 1.45. The highest BCUT2D eigenvalue weighted by Crippen LogP contribution is 2.23. The SMILES string of the molecule is CCC(O)c1ccc(N2CCNC(=O)C2C)cc1. The van der Waals surface area contributed by atoms with E-state index in [1.807, 2.05) is 38.1 Å². The molecule has 4 heteroatoms. The number of nitrogens with one attached hydrogen (secondary N) is 1. The molecule has 1 heterocycles. The number of hydrogen-bond donors (Lipinski definition) is 2. The normalized spacial score (nSPS) is 21.6. The van der Waals surface area contributed by atoms with Gasteiger partial charge in [0.2, 0.25) is 5.91 Å². The Morgan fingerprint density at radius 3 is 2.72 bits per heavy atom. The summed E-state index contributed by atoms with van der Waals surface area (Å²) >= 11 is 0. The van der Waals surface area contributed by atoms with E-state index in [9.17, 15) is 9.90 Å². The molecule has 0 saturated carbocycles. The summed E-state index contributed by atoms with van der Waals surface area (Å²) in [6.45, 7) is 5.37.